The molecule has 0 unspecified atom stereocenters. The Kier molecular flexibility index (Phi) is 7.47. The third kappa shape index (κ3) is 6.14. The number of hydrogen-bond acceptors (Lipinski definition) is 3. The summed E-state index contributed by atoms with van der Waals surface area (Å²) in [5.74, 6) is -1.97. The maximum atomic E-state index is 13.0. The van der Waals surface area contributed by atoms with E-state index in [0.29, 0.717) is 0 Å². The second kappa shape index (κ2) is 9.82. The molecular weight excluding hydrogens is 373 g/mol. The molecule has 0 aromatic heterocycles. The molecular formula is C22H26FN3O3. The van der Waals surface area contributed by atoms with Crippen LogP contribution in [0.25, 0.3) is 0 Å². The van der Waals surface area contributed by atoms with Crippen molar-refractivity contribution < 1.29 is 18.8 Å². The summed E-state index contributed by atoms with van der Waals surface area (Å²) < 4.78 is 13.0. The number of hydrogen-bond donors (Lipinski definition) is 3. The summed E-state index contributed by atoms with van der Waals surface area (Å²) in [6.45, 7) is 7.13. The quantitative estimate of drug-likeness (QED) is 0.669. The molecule has 0 fully saturated rings. The van der Waals surface area contributed by atoms with E-state index in [-0.39, 0.29) is 23.9 Å². The molecule has 3 amide bonds. The predicted molar refractivity (Wildman–Crippen MR) is 110 cm³/mol. The lowest BCUT2D eigenvalue weighted by atomic mass is 10.0. The molecule has 2 rings (SSSR count). The van der Waals surface area contributed by atoms with E-state index in [9.17, 15) is 18.8 Å². The average molecular weight is 399 g/mol. The average Bonchev–Trinajstić information content (AvgIpc) is 2.67. The monoisotopic (exact) mass is 399 g/mol. The molecule has 29 heavy (non-hydrogen) atoms. The SMILES string of the molecule is Cc1cccc(C)c1NC(=O)CNC(=O)[C@H](NC(=O)c1ccc(F)cc1)C(C)C. The van der Waals surface area contributed by atoms with E-state index in [2.05, 4.69) is 16.0 Å². The third-order valence-corrected chi connectivity index (χ3v) is 4.51. The number of aryl methyl sites for hydroxylation is 2. The molecule has 0 saturated heterocycles. The van der Waals surface area contributed by atoms with Gasteiger partial charge in [-0.3, -0.25) is 14.4 Å². The molecule has 0 radical (unpaired) electrons. The number of para-hydroxylation sites is 1. The molecule has 6 nitrogen and oxygen atoms in total. The highest BCUT2D eigenvalue weighted by molar-refractivity contribution is 5.99. The van der Waals surface area contributed by atoms with Crippen molar-refractivity contribution in [2.24, 2.45) is 5.92 Å². The number of rotatable bonds is 7. The van der Waals surface area contributed by atoms with Crippen LogP contribution in [0, 0.1) is 25.6 Å². The minimum atomic E-state index is -0.833. The summed E-state index contributed by atoms with van der Waals surface area (Å²) >= 11 is 0. The van der Waals surface area contributed by atoms with E-state index < -0.39 is 23.7 Å². The second-order valence-electron chi connectivity index (χ2n) is 7.23. The molecule has 2 aromatic carbocycles. The number of carbonyl (C=O) groups is 3. The molecule has 0 aliphatic rings. The van der Waals surface area contributed by atoms with Crippen LogP contribution in [-0.4, -0.2) is 30.3 Å². The number of anilines is 1. The molecule has 1 atom stereocenters. The first kappa shape index (κ1) is 22.1. The van der Waals surface area contributed by atoms with Gasteiger partial charge in [0.05, 0.1) is 6.54 Å². The topological polar surface area (TPSA) is 87.3 Å². The Morgan fingerprint density at radius 3 is 2.10 bits per heavy atom. The van der Waals surface area contributed by atoms with E-state index in [4.69, 9.17) is 0 Å². The molecule has 0 aliphatic heterocycles. The molecule has 0 bridgehead atoms. The van der Waals surface area contributed by atoms with Gasteiger partial charge >= 0.3 is 0 Å². The first-order valence-electron chi connectivity index (χ1n) is 9.39. The first-order chi connectivity index (χ1) is 13.7. The van der Waals surface area contributed by atoms with Crippen molar-refractivity contribution >= 4 is 23.4 Å². The van der Waals surface area contributed by atoms with E-state index in [1.807, 2.05) is 32.0 Å². The van der Waals surface area contributed by atoms with Gasteiger partial charge in [-0.2, -0.15) is 0 Å². The van der Waals surface area contributed by atoms with Crippen LogP contribution in [0.15, 0.2) is 42.5 Å². The lowest BCUT2D eigenvalue weighted by molar-refractivity contribution is -0.126. The van der Waals surface area contributed by atoms with E-state index in [1.165, 1.54) is 24.3 Å². The second-order valence-corrected chi connectivity index (χ2v) is 7.23. The van der Waals surface area contributed by atoms with Crippen molar-refractivity contribution in [3.8, 4) is 0 Å². The molecule has 7 heteroatoms. The fourth-order valence-electron chi connectivity index (χ4n) is 2.83. The fraction of sp³-hybridized carbons (Fsp3) is 0.318. The minimum absolute atomic E-state index is 0.207. The molecule has 0 heterocycles. The largest absolute Gasteiger partial charge is 0.345 e. The first-order valence-corrected chi connectivity index (χ1v) is 9.39. The Labute approximate surface area is 169 Å². The number of benzene rings is 2. The van der Waals surface area contributed by atoms with Gasteiger partial charge in [0.25, 0.3) is 5.91 Å². The number of halogens is 1. The zero-order valence-corrected chi connectivity index (χ0v) is 17.0. The number of carbonyl (C=O) groups excluding carboxylic acids is 3. The number of nitrogens with one attached hydrogen (secondary N) is 3. The van der Waals surface area contributed by atoms with Gasteiger partial charge in [-0.1, -0.05) is 32.0 Å². The Morgan fingerprint density at radius 1 is 0.966 bits per heavy atom. The van der Waals surface area contributed by atoms with Crippen LogP contribution in [-0.2, 0) is 9.59 Å². The Hall–Kier alpha value is -3.22. The minimum Gasteiger partial charge on any atom is -0.345 e. The Balaban J connectivity index is 1.96. The predicted octanol–water partition coefficient (Wildman–Crippen LogP) is 2.95. The van der Waals surface area contributed by atoms with Crippen molar-refractivity contribution in [3.63, 3.8) is 0 Å². The standard InChI is InChI=1S/C22H26FN3O3/c1-13(2)19(26-21(28)16-8-10-17(23)11-9-16)22(29)24-12-18(27)25-20-14(3)6-5-7-15(20)4/h5-11,13,19H,12H2,1-4H3,(H,24,29)(H,25,27)(H,26,28)/t19-/m1/s1. The van der Waals surface area contributed by atoms with Gasteiger partial charge < -0.3 is 16.0 Å². The van der Waals surface area contributed by atoms with Crippen LogP contribution in [0.4, 0.5) is 10.1 Å². The molecule has 0 saturated carbocycles. The van der Waals surface area contributed by atoms with Crippen molar-refractivity contribution in [3.05, 3.63) is 65.0 Å². The normalized spacial score (nSPS) is 11.7. The van der Waals surface area contributed by atoms with Crippen molar-refractivity contribution in [2.45, 2.75) is 33.7 Å². The van der Waals surface area contributed by atoms with Gasteiger partial charge in [0, 0.05) is 11.3 Å². The maximum absolute atomic E-state index is 13.0. The highest BCUT2D eigenvalue weighted by Crippen LogP contribution is 2.19. The Morgan fingerprint density at radius 2 is 1.55 bits per heavy atom. The van der Waals surface area contributed by atoms with Gasteiger partial charge in [-0.05, 0) is 55.2 Å². The summed E-state index contributed by atoms with van der Waals surface area (Å²) in [7, 11) is 0. The summed E-state index contributed by atoms with van der Waals surface area (Å²) in [5.41, 5.74) is 2.82. The van der Waals surface area contributed by atoms with E-state index in [0.717, 1.165) is 16.8 Å². The zero-order chi connectivity index (χ0) is 21.6. The van der Waals surface area contributed by atoms with Crippen LogP contribution in [0.1, 0.15) is 35.3 Å². The van der Waals surface area contributed by atoms with Crippen LogP contribution >= 0.6 is 0 Å². The molecule has 2 aromatic rings. The van der Waals surface area contributed by atoms with Crippen LogP contribution in [0.3, 0.4) is 0 Å². The van der Waals surface area contributed by atoms with E-state index in [1.54, 1.807) is 13.8 Å². The highest BCUT2D eigenvalue weighted by Gasteiger charge is 2.25. The fourth-order valence-corrected chi connectivity index (χ4v) is 2.83. The van der Waals surface area contributed by atoms with Gasteiger partial charge in [-0.15, -0.1) is 0 Å². The lowest BCUT2D eigenvalue weighted by Gasteiger charge is -2.22. The molecule has 3 N–H and O–H groups in total. The third-order valence-electron chi connectivity index (χ3n) is 4.51. The summed E-state index contributed by atoms with van der Waals surface area (Å²) in [5, 5.41) is 8.00. The zero-order valence-electron chi connectivity index (χ0n) is 17.0. The molecule has 0 spiro atoms. The summed E-state index contributed by atoms with van der Waals surface area (Å²) in [4.78, 5) is 37.1. The van der Waals surface area contributed by atoms with Crippen LogP contribution in [0.5, 0.6) is 0 Å². The highest BCUT2D eigenvalue weighted by atomic mass is 19.1. The van der Waals surface area contributed by atoms with Gasteiger partial charge in [0.15, 0.2) is 0 Å². The van der Waals surface area contributed by atoms with Crippen molar-refractivity contribution in [2.75, 3.05) is 11.9 Å². The van der Waals surface area contributed by atoms with Crippen LogP contribution in [0.2, 0.25) is 0 Å². The van der Waals surface area contributed by atoms with Crippen molar-refractivity contribution in [1.82, 2.24) is 10.6 Å². The lowest BCUT2D eigenvalue weighted by Crippen LogP contribution is -2.51. The van der Waals surface area contributed by atoms with Crippen molar-refractivity contribution in [1.29, 1.82) is 0 Å². The Bertz CT molecular complexity index is 874. The van der Waals surface area contributed by atoms with Crippen LogP contribution < -0.4 is 16.0 Å². The number of amides is 3. The summed E-state index contributed by atoms with van der Waals surface area (Å²) in [6, 6.07) is 9.89. The summed E-state index contributed by atoms with van der Waals surface area (Å²) in [6.07, 6.45) is 0. The molecule has 0 aliphatic carbocycles. The smallest absolute Gasteiger partial charge is 0.251 e. The van der Waals surface area contributed by atoms with Gasteiger partial charge in [-0.25, -0.2) is 4.39 Å². The van der Waals surface area contributed by atoms with Gasteiger partial charge in [0.1, 0.15) is 11.9 Å². The molecule has 154 valence electrons. The van der Waals surface area contributed by atoms with Gasteiger partial charge in [0.2, 0.25) is 11.8 Å². The van der Waals surface area contributed by atoms with E-state index >= 15 is 0 Å². The maximum Gasteiger partial charge on any atom is 0.251 e.